The van der Waals surface area contributed by atoms with Gasteiger partial charge in [0.05, 0.1) is 10.7 Å². The fraction of sp³-hybridized carbons (Fsp3) is 0.111. The van der Waals surface area contributed by atoms with Crippen molar-refractivity contribution >= 4 is 46.4 Å². The van der Waals surface area contributed by atoms with Gasteiger partial charge in [0.1, 0.15) is 11.9 Å². The first kappa shape index (κ1) is 18.4. The number of hydrogen-bond acceptors (Lipinski definition) is 2. The Morgan fingerprint density at radius 2 is 1.56 bits per heavy atom. The molecule has 2 atom stereocenters. The van der Waals surface area contributed by atoms with E-state index in [4.69, 9.17) is 51.1 Å². The summed E-state index contributed by atoms with van der Waals surface area (Å²) in [6.45, 7) is 0. The Hall–Kier alpha value is -1.36. The van der Waals surface area contributed by atoms with Crippen LogP contribution in [0.25, 0.3) is 0 Å². The van der Waals surface area contributed by atoms with E-state index in [0.29, 0.717) is 37.1 Å². The molecule has 0 aliphatic carbocycles. The molecule has 0 aliphatic heterocycles. The molecule has 25 heavy (non-hydrogen) atoms. The van der Waals surface area contributed by atoms with Crippen LogP contribution in [0.15, 0.2) is 54.7 Å². The van der Waals surface area contributed by atoms with E-state index >= 15 is 0 Å². The Labute approximate surface area is 165 Å². The van der Waals surface area contributed by atoms with Crippen LogP contribution in [0.5, 0.6) is 5.75 Å². The Morgan fingerprint density at radius 1 is 0.880 bits per heavy atom. The average molecular weight is 417 g/mol. The minimum absolute atomic E-state index is 0.346. The van der Waals surface area contributed by atoms with Crippen molar-refractivity contribution in [1.29, 1.82) is 0 Å². The molecule has 0 spiro atoms. The van der Waals surface area contributed by atoms with Crippen LogP contribution in [0.1, 0.15) is 23.5 Å². The predicted molar refractivity (Wildman–Crippen MR) is 102 cm³/mol. The lowest BCUT2D eigenvalue weighted by Gasteiger charge is -2.25. The molecule has 0 saturated heterocycles. The monoisotopic (exact) mass is 415 g/mol. The third-order valence-electron chi connectivity index (χ3n) is 3.64. The molecule has 2 unspecified atom stereocenters. The predicted octanol–water partition coefficient (Wildman–Crippen LogP) is 6.48. The second-order valence-electron chi connectivity index (χ2n) is 5.35. The molecule has 3 aromatic rings. The molecule has 130 valence electrons. The van der Waals surface area contributed by atoms with Crippen LogP contribution in [0.4, 0.5) is 0 Å². The van der Waals surface area contributed by atoms with Crippen LogP contribution >= 0.6 is 46.4 Å². The fourth-order valence-electron chi connectivity index (χ4n) is 2.43. The zero-order valence-corrected chi connectivity index (χ0v) is 15.7. The third kappa shape index (κ3) is 4.25. The first-order chi connectivity index (χ1) is 12.0. The van der Waals surface area contributed by atoms with E-state index in [2.05, 4.69) is 4.98 Å². The average Bonchev–Trinajstić information content (AvgIpc) is 3.08. The maximum Gasteiger partial charge on any atom is 0.168 e. The molecule has 7 heteroatoms. The highest BCUT2D eigenvalue weighted by molar-refractivity contribution is 6.35. The molecule has 0 radical (unpaired) electrons. The second kappa shape index (κ2) is 7.90. The number of rotatable bonds is 5. The van der Waals surface area contributed by atoms with Crippen LogP contribution in [-0.4, -0.2) is 10.1 Å². The molecular weight excluding hydrogens is 404 g/mol. The lowest BCUT2D eigenvalue weighted by Crippen LogP contribution is -2.18. The maximum absolute atomic E-state index is 10.9. The van der Waals surface area contributed by atoms with Crippen LogP contribution in [-0.2, 0) is 0 Å². The highest BCUT2D eigenvalue weighted by atomic mass is 35.5. The fourth-order valence-corrected chi connectivity index (χ4v) is 3.40. The van der Waals surface area contributed by atoms with E-state index in [0.717, 1.165) is 0 Å². The van der Waals surface area contributed by atoms with Crippen molar-refractivity contribution in [3.05, 3.63) is 86.1 Å². The topological polar surface area (TPSA) is 45.2 Å². The van der Waals surface area contributed by atoms with Gasteiger partial charge in [-0.3, -0.25) is 0 Å². The van der Waals surface area contributed by atoms with Gasteiger partial charge in [0.25, 0.3) is 0 Å². The summed E-state index contributed by atoms with van der Waals surface area (Å²) in [7, 11) is 0. The Balaban J connectivity index is 1.97. The van der Waals surface area contributed by atoms with Crippen molar-refractivity contribution in [2.75, 3.05) is 0 Å². The van der Waals surface area contributed by atoms with Crippen molar-refractivity contribution in [3.8, 4) is 5.75 Å². The standard InChI is InChI=1S/C18H13Cl4NO2/c19-10-3-5-12(13(21)8-10)17(24)18(15-2-1-7-23-15)25-16-6-4-11(20)9-14(16)22/h1-9,17-18,23-24H. The van der Waals surface area contributed by atoms with Gasteiger partial charge in [0, 0.05) is 26.8 Å². The Kier molecular flexibility index (Phi) is 5.82. The number of halogens is 4. The number of aliphatic hydroxyl groups is 1. The summed E-state index contributed by atoms with van der Waals surface area (Å²) in [5.74, 6) is 0.398. The van der Waals surface area contributed by atoms with Gasteiger partial charge < -0.3 is 14.8 Å². The smallest absolute Gasteiger partial charge is 0.168 e. The van der Waals surface area contributed by atoms with Crippen molar-refractivity contribution in [1.82, 2.24) is 4.98 Å². The molecule has 0 saturated carbocycles. The van der Waals surface area contributed by atoms with Gasteiger partial charge >= 0.3 is 0 Å². The minimum atomic E-state index is -1.05. The number of aliphatic hydroxyl groups excluding tert-OH is 1. The number of aromatic amines is 1. The molecule has 2 aromatic carbocycles. The summed E-state index contributed by atoms with van der Waals surface area (Å²) >= 11 is 24.3. The first-order valence-corrected chi connectivity index (χ1v) is 8.85. The number of H-pyrrole nitrogens is 1. The largest absolute Gasteiger partial charge is 0.480 e. The van der Waals surface area contributed by atoms with E-state index in [1.807, 2.05) is 12.1 Å². The van der Waals surface area contributed by atoms with E-state index in [9.17, 15) is 5.11 Å². The van der Waals surface area contributed by atoms with Crippen molar-refractivity contribution in [3.63, 3.8) is 0 Å². The molecule has 3 rings (SSSR count). The Morgan fingerprint density at radius 3 is 2.16 bits per heavy atom. The lowest BCUT2D eigenvalue weighted by molar-refractivity contribution is 0.0322. The lowest BCUT2D eigenvalue weighted by atomic mass is 10.0. The number of benzene rings is 2. The quantitative estimate of drug-likeness (QED) is 0.499. The molecule has 0 aliphatic rings. The molecular formula is C18H13Cl4NO2. The van der Waals surface area contributed by atoms with E-state index in [-0.39, 0.29) is 0 Å². The van der Waals surface area contributed by atoms with Gasteiger partial charge in [-0.1, -0.05) is 52.5 Å². The summed E-state index contributed by atoms with van der Waals surface area (Å²) in [6.07, 6.45) is -0.0618. The normalized spacial score (nSPS) is 13.5. The van der Waals surface area contributed by atoms with Crippen molar-refractivity contribution in [2.24, 2.45) is 0 Å². The van der Waals surface area contributed by atoms with Gasteiger partial charge in [0.2, 0.25) is 0 Å². The highest BCUT2D eigenvalue weighted by Crippen LogP contribution is 2.39. The molecule has 0 bridgehead atoms. The first-order valence-electron chi connectivity index (χ1n) is 7.33. The number of hydrogen-bond donors (Lipinski definition) is 2. The van der Waals surface area contributed by atoms with Crippen LogP contribution in [0.3, 0.4) is 0 Å². The van der Waals surface area contributed by atoms with E-state index in [1.54, 1.807) is 42.6 Å². The van der Waals surface area contributed by atoms with Crippen LogP contribution in [0, 0.1) is 0 Å². The van der Waals surface area contributed by atoms with Gasteiger partial charge in [-0.15, -0.1) is 0 Å². The van der Waals surface area contributed by atoms with Crippen molar-refractivity contribution in [2.45, 2.75) is 12.2 Å². The highest BCUT2D eigenvalue weighted by Gasteiger charge is 2.28. The van der Waals surface area contributed by atoms with Gasteiger partial charge in [-0.05, 0) is 42.5 Å². The van der Waals surface area contributed by atoms with E-state index < -0.39 is 12.2 Å². The minimum Gasteiger partial charge on any atom is -0.480 e. The summed E-state index contributed by atoms with van der Waals surface area (Å²) < 4.78 is 5.98. The SMILES string of the molecule is OC(c1ccc(Cl)cc1Cl)C(Oc1ccc(Cl)cc1Cl)c1ccc[nH]1. The second-order valence-corrected chi connectivity index (χ2v) is 7.04. The summed E-state index contributed by atoms with van der Waals surface area (Å²) in [6, 6.07) is 13.4. The number of nitrogens with one attached hydrogen (secondary N) is 1. The van der Waals surface area contributed by atoms with Gasteiger partial charge in [-0.25, -0.2) is 0 Å². The zero-order chi connectivity index (χ0) is 18.0. The number of ether oxygens (including phenoxy) is 1. The zero-order valence-electron chi connectivity index (χ0n) is 12.7. The van der Waals surface area contributed by atoms with Crippen molar-refractivity contribution < 1.29 is 9.84 Å². The summed E-state index contributed by atoms with van der Waals surface area (Å²) in [5.41, 5.74) is 1.17. The number of aromatic nitrogens is 1. The van der Waals surface area contributed by atoms with E-state index in [1.165, 1.54) is 0 Å². The summed E-state index contributed by atoms with van der Waals surface area (Å²) in [5, 5.41) is 12.6. The van der Waals surface area contributed by atoms with Crippen LogP contribution < -0.4 is 4.74 Å². The maximum atomic E-state index is 10.9. The molecule has 2 N–H and O–H groups in total. The molecule has 3 nitrogen and oxygen atoms in total. The van der Waals surface area contributed by atoms with Crippen LogP contribution in [0.2, 0.25) is 20.1 Å². The molecule has 1 heterocycles. The molecule has 0 fully saturated rings. The molecule has 0 amide bonds. The van der Waals surface area contributed by atoms with Gasteiger partial charge in [0.15, 0.2) is 6.10 Å². The molecule has 1 aromatic heterocycles. The Bertz CT molecular complexity index is 868. The summed E-state index contributed by atoms with van der Waals surface area (Å²) in [4.78, 5) is 3.05. The third-order valence-corrected chi connectivity index (χ3v) is 4.74. The van der Waals surface area contributed by atoms with Gasteiger partial charge in [-0.2, -0.15) is 0 Å².